The van der Waals surface area contributed by atoms with Gasteiger partial charge in [0.05, 0.1) is 5.56 Å². The molecule has 24 heavy (non-hydrogen) atoms. The molecular weight excluding hydrogens is 314 g/mol. The molecule has 0 radical (unpaired) electrons. The zero-order valence-corrected chi connectivity index (χ0v) is 12.7. The molecule has 4 nitrogen and oxygen atoms in total. The second-order valence-electron chi connectivity index (χ2n) is 5.10. The molecule has 6 heteroatoms. The van der Waals surface area contributed by atoms with Gasteiger partial charge in [-0.2, -0.15) is 0 Å². The lowest BCUT2D eigenvalue weighted by atomic mass is 10.1. The van der Waals surface area contributed by atoms with Gasteiger partial charge >= 0.3 is 0 Å². The Balaban J connectivity index is 2.04. The Bertz CT molecular complexity index is 761. The summed E-state index contributed by atoms with van der Waals surface area (Å²) in [5.41, 5.74) is 5.84. The summed E-state index contributed by atoms with van der Waals surface area (Å²) < 4.78 is 26.5. The molecule has 3 N–H and O–H groups in total. The molecule has 0 aliphatic rings. The van der Waals surface area contributed by atoms with Crippen LogP contribution in [0.1, 0.15) is 22.3 Å². The van der Waals surface area contributed by atoms with E-state index in [4.69, 9.17) is 5.73 Å². The monoisotopic (exact) mass is 330 g/mol. The van der Waals surface area contributed by atoms with Crippen molar-refractivity contribution in [3.63, 3.8) is 0 Å². The zero-order chi connectivity index (χ0) is 17.5. The summed E-state index contributed by atoms with van der Waals surface area (Å²) >= 11 is 0. The first-order chi connectivity index (χ1) is 11.5. The molecule has 2 amide bonds. The summed E-state index contributed by atoms with van der Waals surface area (Å²) in [6.07, 6.45) is 3.62. The molecular formula is C18H16F2N2O2. The summed E-state index contributed by atoms with van der Waals surface area (Å²) in [5.74, 6) is -3.37. The molecule has 0 aromatic heterocycles. The summed E-state index contributed by atoms with van der Waals surface area (Å²) in [4.78, 5) is 23.5. The highest BCUT2D eigenvalue weighted by atomic mass is 19.1. The second kappa shape index (κ2) is 8.01. The van der Waals surface area contributed by atoms with E-state index in [9.17, 15) is 18.4 Å². The molecule has 1 atom stereocenters. The fraction of sp³-hybridized carbons (Fsp3) is 0.111. The van der Waals surface area contributed by atoms with Gasteiger partial charge in [-0.1, -0.05) is 42.5 Å². The highest BCUT2D eigenvalue weighted by Gasteiger charge is 2.20. The lowest BCUT2D eigenvalue weighted by Gasteiger charge is -2.14. The molecule has 0 bridgehead atoms. The van der Waals surface area contributed by atoms with Gasteiger partial charge in [-0.15, -0.1) is 0 Å². The lowest BCUT2D eigenvalue weighted by Crippen LogP contribution is -2.44. The molecule has 0 heterocycles. The van der Waals surface area contributed by atoms with Crippen molar-refractivity contribution in [3.8, 4) is 0 Å². The highest BCUT2D eigenvalue weighted by Crippen LogP contribution is 2.10. The van der Waals surface area contributed by atoms with Crippen LogP contribution in [0.15, 0.2) is 54.6 Å². The maximum atomic E-state index is 13.6. The fourth-order valence-electron chi connectivity index (χ4n) is 2.06. The SMILES string of the molecule is NC(=O)[C@@H](C/C=C/c1ccccc1)NC(=O)c1ccc(F)cc1F. The summed E-state index contributed by atoms with van der Waals surface area (Å²) in [6, 6.07) is 10.9. The van der Waals surface area contributed by atoms with Crippen LogP contribution >= 0.6 is 0 Å². The third kappa shape index (κ3) is 4.74. The Labute approximate surface area is 138 Å². The first kappa shape index (κ1) is 17.3. The molecule has 2 aromatic carbocycles. The van der Waals surface area contributed by atoms with E-state index in [1.807, 2.05) is 30.3 Å². The van der Waals surface area contributed by atoms with Crippen molar-refractivity contribution >= 4 is 17.9 Å². The number of halogens is 2. The Morgan fingerprint density at radius 3 is 2.46 bits per heavy atom. The molecule has 0 aliphatic heterocycles. The molecule has 0 saturated carbocycles. The van der Waals surface area contributed by atoms with Crippen LogP contribution in [-0.4, -0.2) is 17.9 Å². The van der Waals surface area contributed by atoms with Crippen molar-refractivity contribution in [2.24, 2.45) is 5.73 Å². The van der Waals surface area contributed by atoms with Crippen molar-refractivity contribution in [1.82, 2.24) is 5.32 Å². The van der Waals surface area contributed by atoms with Gasteiger partial charge in [0.1, 0.15) is 17.7 Å². The molecule has 2 aromatic rings. The summed E-state index contributed by atoms with van der Waals surface area (Å²) in [5, 5.41) is 2.35. The first-order valence-corrected chi connectivity index (χ1v) is 7.24. The minimum atomic E-state index is -1.00. The van der Waals surface area contributed by atoms with Crippen molar-refractivity contribution in [3.05, 3.63) is 77.4 Å². The molecule has 2 rings (SSSR count). The number of carbonyl (C=O) groups is 2. The average Bonchev–Trinajstić information content (AvgIpc) is 2.54. The van der Waals surface area contributed by atoms with E-state index < -0.39 is 29.5 Å². The third-order valence-corrected chi connectivity index (χ3v) is 3.31. The summed E-state index contributed by atoms with van der Waals surface area (Å²) in [6.45, 7) is 0. The fourth-order valence-corrected chi connectivity index (χ4v) is 2.06. The zero-order valence-electron chi connectivity index (χ0n) is 12.7. The van der Waals surface area contributed by atoms with Crippen LogP contribution in [-0.2, 0) is 4.79 Å². The standard InChI is InChI=1S/C18H16F2N2O2/c19-13-9-10-14(15(20)11-13)18(24)22-16(17(21)23)8-4-7-12-5-2-1-3-6-12/h1-7,9-11,16H,8H2,(H2,21,23)(H,22,24)/b7-4+/t16-/m1/s1. The van der Waals surface area contributed by atoms with Crippen LogP contribution in [0.25, 0.3) is 6.08 Å². The minimum absolute atomic E-state index is 0.152. The summed E-state index contributed by atoms with van der Waals surface area (Å²) in [7, 11) is 0. The van der Waals surface area contributed by atoms with Crippen LogP contribution in [0.3, 0.4) is 0 Å². The normalized spacial score (nSPS) is 12.1. The number of nitrogens with two attached hydrogens (primary N) is 1. The molecule has 124 valence electrons. The number of primary amides is 1. The minimum Gasteiger partial charge on any atom is -0.368 e. The first-order valence-electron chi connectivity index (χ1n) is 7.24. The number of nitrogens with one attached hydrogen (secondary N) is 1. The average molecular weight is 330 g/mol. The van der Waals surface area contributed by atoms with Gasteiger partial charge in [0.25, 0.3) is 5.91 Å². The van der Waals surface area contributed by atoms with E-state index in [1.165, 1.54) is 0 Å². The number of rotatable bonds is 6. The number of carbonyl (C=O) groups excluding carboxylic acids is 2. The third-order valence-electron chi connectivity index (χ3n) is 3.31. The molecule has 0 spiro atoms. The number of amides is 2. The van der Waals surface area contributed by atoms with Crippen LogP contribution in [0.2, 0.25) is 0 Å². The van der Waals surface area contributed by atoms with Gasteiger partial charge in [0.15, 0.2) is 0 Å². The molecule has 0 aliphatic carbocycles. The Hall–Kier alpha value is -3.02. The van der Waals surface area contributed by atoms with Gasteiger partial charge in [0.2, 0.25) is 5.91 Å². The van der Waals surface area contributed by atoms with E-state index in [1.54, 1.807) is 12.2 Å². The second-order valence-corrected chi connectivity index (χ2v) is 5.10. The molecule has 0 unspecified atom stereocenters. The smallest absolute Gasteiger partial charge is 0.254 e. The lowest BCUT2D eigenvalue weighted by molar-refractivity contribution is -0.119. The van der Waals surface area contributed by atoms with Crippen LogP contribution in [0.4, 0.5) is 8.78 Å². The van der Waals surface area contributed by atoms with E-state index >= 15 is 0 Å². The molecule has 0 saturated heterocycles. The maximum Gasteiger partial charge on any atom is 0.254 e. The quantitative estimate of drug-likeness (QED) is 0.855. The van der Waals surface area contributed by atoms with Crippen molar-refractivity contribution in [2.45, 2.75) is 12.5 Å². The van der Waals surface area contributed by atoms with Gasteiger partial charge in [-0.05, 0) is 24.1 Å². The van der Waals surface area contributed by atoms with Crippen molar-refractivity contribution < 1.29 is 18.4 Å². The molecule has 0 fully saturated rings. The van der Waals surface area contributed by atoms with Crippen LogP contribution in [0, 0.1) is 11.6 Å². The van der Waals surface area contributed by atoms with Crippen molar-refractivity contribution in [1.29, 1.82) is 0 Å². The Kier molecular flexibility index (Phi) is 5.78. The Morgan fingerprint density at radius 1 is 1.12 bits per heavy atom. The van der Waals surface area contributed by atoms with Gasteiger partial charge < -0.3 is 11.1 Å². The Morgan fingerprint density at radius 2 is 1.83 bits per heavy atom. The van der Waals surface area contributed by atoms with E-state index in [-0.39, 0.29) is 12.0 Å². The largest absolute Gasteiger partial charge is 0.368 e. The predicted molar refractivity (Wildman–Crippen MR) is 86.9 cm³/mol. The van der Waals surface area contributed by atoms with E-state index in [2.05, 4.69) is 5.32 Å². The number of benzene rings is 2. The predicted octanol–water partition coefficient (Wildman–Crippen LogP) is 2.65. The van der Waals surface area contributed by atoms with Gasteiger partial charge in [-0.25, -0.2) is 8.78 Å². The van der Waals surface area contributed by atoms with Gasteiger partial charge in [0, 0.05) is 6.07 Å². The van der Waals surface area contributed by atoms with E-state index in [0.29, 0.717) is 6.07 Å². The number of hydrogen-bond donors (Lipinski definition) is 2. The van der Waals surface area contributed by atoms with Crippen LogP contribution < -0.4 is 11.1 Å². The van der Waals surface area contributed by atoms with Crippen LogP contribution in [0.5, 0.6) is 0 Å². The maximum absolute atomic E-state index is 13.6. The number of hydrogen-bond acceptors (Lipinski definition) is 2. The van der Waals surface area contributed by atoms with E-state index in [0.717, 1.165) is 17.7 Å². The van der Waals surface area contributed by atoms with Crippen molar-refractivity contribution in [2.75, 3.05) is 0 Å². The van der Waals surface area contributed by atoms with Gasteiger partial charge in [-0.3, -0.25) is 9.59 Å². The highest BCUT2D eigenvalue weighted by molar-refractivity contribution is 5.97. The topological polar surface area (TPSA) is 72.2 Å².